The molecule has 0 saturated heterocycles. The fourth-order valence-electron chi connectivity index (χ4n) is 1.30. The van der Waals surface area contributed by atoms with E-state index in [0.29, 0.717) is 12.1 Å². The second-order valence-corrected chi connectivity index (χ2v) is 4.18. The van der Waals surface area contributed by atoms with Gasteiger partial charge in [-0.05, 0) is 31.2 Å². The third-order valence-corrected chi connectivity index (χ3v) is 2.27. The van der Waals surface area contributed by atoms with E-state index in [1.54, 1.807) is 24.1 Å². The maximum Gasteiger partial charge on any atom is 0.253 e. The molecule has 80 valence electrons. The van der Waals surface area contributed by atoms with Crippen molar-refractivity contribution >= 4 is 18.5 Å². The molecule has 0 fully saturated rings. The van der Waals surface area contributed by atoms with Crippen LogP contribution in [-0.4, -0.2) is 24.4 Å². The van der Waals surface area contributed by atoms with E-state index < -0.39 is 0 Å². The molecule has 1 aromatic carbocycles. The molecule has 1 amide bonds. The first-order valence-electron chi connectivity index (χ1n) is 4.69. The van der Waals surface area contributed by atoms with Crippen LogP contribution in [0.1, 0.15) is 17.3 Å². The summed E-state index contributed by atoms with van der Waals surface area (Å²) in [5.41, 5.74) is 1.65. The molecule has 1 rings (SSSR count). The largest absolute Gasteiger partial charge is 0.338 e. The molecule has 0 aliphatic rings. The number of carbonyl (C=O) groups excluding carboxylic acids is 1. The molecule has 15 heavy (non-hydrogen) atoms. The Hall–Kier alpha value is -1.22. The zero-order valence-corrected chi connectivity index (χ0v) is 9.92. The van der Waals surface area contributed by atoms with Gasteiger partial charge < -0.3 is 4.90 Å². The van der Waals surface area contributed by atoms with Gasteiger partial charge in [-0.1, -0.05) is 12.2 Å². The number of benzene rings is 1. The van der Waals surface area contributed by atoms with Crippen LogP contribution in [0.15, 0.2) is 41.3 Å². The molecule has 1 aromatic rings. The standard InChI is InChI=1S/C12H15NOS/c1-9(2)8-13(3)12(14)10-4-6-11(15)7-5-10/h4-7,15H,1,8H2,2-3H3. The molecule has 0 heterocycles. The molecular weight excluding hydrogens is 206 g/mol. The van der Waals surface area contributed by atoms with E-state index in [0.717, 1.165) is 10.5 Å². The van der Waals surface area contributed by atoms with Crippen LogP contribution in [0.2, 0.25) is 0 Å². The van der Waals surface area contributed by atoms with Gasteiger partial charge >= 0.3 is 0 Å². The maximum absolute atomic E-state index is 11.9. The van der Waals surface area contributed by atoms with Gasteiger partial charge in [0.25, 0.3) is 5.91 Å². The summed E-state index contributed by atoms with van der Waals surface area (Å²) in [7, 11) is 1.77. The Bertz CT molecular complexity index is 370. The minimum atomic E-state index is 0.00586. The van der Waals surface area contributed by atoms with E-state index in [2.05, 4.69) is 19.2 Å². The number of carbonyl (C=O) groups is 1. The summed E-state index contributed by atoms with van der Waals surface area (Å²) in [5, 5.41) is 0. The molecule has 2 nitrogen and oxygen atoms in total. The zero-order chi connectivity index (χ0) is 11.4. The number of hydrogen-bond donors (Lipinski definition) is 1. The lowest BCUT2D eigenvalue weighted by Gasteiger charge is -2.17. The zero-order valence-electron chi connectivity index (χ0n) is 9.03. The summed E-state index contributed by atoms with van der Waals surface area (Å²) in [6.45, 7) is 6.27. The van der Waals surface area contributed by atoms with Crippen LogP contribution in [0.25, 0.3) is 0 Å². The summed E-state index contributed by atoms with van der Waals surface area (Å²) in [5.74, 6) is 0.00586. The van der Waals surface area contributed by atoms with Crippen LogP contribution in [0, 0.1) is 0 Å². The second kappa shape index (κ2) is 5.03. The van der Waals surface area contributed by atoms with Crippen molar-refractivity contribution in [1.29, 1.82) is 0 Å². The minimum absolute atomic E-state index is 0.00586. The Morgan fingerprint density at radius 3 is 2.40 bits per heavy atom. The highest BCUT2D eigenvalue weighted by molar-refractivity contribution is 7.80. The lowest BCUT2D eigenvalue weighted by Crippen LogP contribution is -2.28. The molecule has 0 aliphatic heterocycles. The van der Waals surface area contributed by atoms with Gasteiger partial charge in [0, 0.05) is 24.1 Å². The van der Waals surface area contributed by atoms with Crippen LogP contribution in [0.4, 0.5) is 0 Å². The second-order valence-electron chi connectivity index (χ2n) is 3.67. The van der Waals surface area contributed by atoms with Gasteiger partial charge in [-0.25, -0.2) is 0 Å². The van der Waals surface area contributed by atoms with Gasteiger partial charge in [0.1, 0.15) is 0 Å². The molecule has 0 aromatic heterocycles. The molecule has 0 spiro atoms. The first-order chi connectivity index (χ1) is 7.00. The average molecular weight is 221 g/mol. The van der Waals surface area contributed by atoms with Crippen molar-refractivity contribution in [1.82, 2.24) is 4.90 Å². The van der Waals surface area contributed by atoms with Crippen molar-refractivity contribution in [3.05, 3.63) is 42.0 Å². The molecule has 0 aliphatic carbocycles. The smallest absolute Gasteiger partial charge is 0.253 e. The molecule has 0 bridgehead atoms. The lowest BCUT2D eigenvalue weighted by molar-refractivity contribution is 0.0807. The third-order valence-electron chi connectivity index (χ3n) is 1.97. The van der Waals surface area contributed by atoms with Gasteiger partial charge in [0.15, 0.2) is 0 Å². The van der Waals surface area contributed by atoms with E-state index in [9.17, 15) is 4.79 Å². The van der Waals surface area contributed by atoms with E-state index in [1.165, 1.54) is 0 Å². The number of amides is 1. The Balaban J connectivity index is 2.76. The van der Waals surface area contributed by atoms with E-state index in [-0.39, 0.29) is 5.91 Å². The van der Waals surface area contributed by atoms with Gasteiger partial charge in [-0.3, -0.25) is 4.79 Å². The Morgan fingerprint density at radius 1 is 1.40 bits per heavy atom. The van der Waals surface area contributed by atoms with Crippen molar-refractivity contribution in [2.24, 2.45) is 0 Å². The third kappa shape index (κ3) is 3.44. The monoisotopic (exact) mass is 221 g/mol. The summed E-state index contributed by atoms with van der Waals surface area (Å²) < 4.78 is 0. The fourth-order valence-corrected chi connectivity index (χ4v) is 1.45. The summed E-state index contributed by atoms with van der Waals surface area (Å²) in [4.78, 5) is 14.4. The van der Waals surface area contributed by atoms with Gasteiger partial charge in [0.2, 0.25) is 0 Å². The Kier molecular flexibility index (Phi) is 3.97. The predicted octanol–water partition coefficient (Wildman–Crippen LogP) is 2.62. The first-order valence-corrected chi connectivity index (χ1v) is 5.14. The highest BCUT2D eigenvalue weighted by Gasteiger charge is 2.10. The van der Waals surface area contributed by atoms with Crippen LogP contribution in [0.3, 0.4) is 0 Å². The van der Waals surface area contributed by atoms with Crippen molar-refractivity contribution in [2.75, 3.05) is 13.6 Å². The minimum Gasteiger partial charge on any atom is -0.338 e. The lowest BCUT2D eigenvalue weighted by atomic mass is 10.2. The van der Waals surface area contributed by atoms with E-state index in [1.807, 2.05) is 19.1 Å². The fraction of sp³-hybridized carbons (Fsp3) is 0.250. The molecular formula is C12H15NOS. The van der Waals surface area contributed by atoms with E-state index >= 15 is 0 Å². The summed E-state index contributed by atoms with van der Waals surface area (Å²) in [6, 6.07) is 7.18. The van der Waals surface area contributed by atoms with Crippen LogP contribution in [0.5, 0.6) is 0 Å². The number of likely N-dealkylation sites (N-methyl/N-ethyl adjacent to an activating group) is 1. The maximum atomic E-state index is 11.9. The summed E-state index contributed by atoms with van der Waals surface area (Å²) >= 11 is 4.17. The quantitative estimate of drug-likeness (QED) is 0.614. The number of nitrogens with zero attached hydrogens (tertiary/aromatic N) is 1. The highest BCUT2D eigenvalue weighted by Crippen LogP contribution is 2.10. The van der Waals surface area contributed by atoms with Crippen molar-refractivity contribution in [2.45, 2.75) is 11.8 Å². The van der Waals surface area contributed by atoms with Crippen molar-refractivity contribution in [3.8, 4) is 0 Å². The normalized spacial score (nSPS) is 9.80. The highest BCUT2D eigenvalue weighted by atomic mass is 32.1. The Morgan fingerprint density at radius 2 is 1.93 bits per heavy atom. The van der Waals surface area contributed by atoms with Gasteiger partial charge in [-0.2, -0.15) is 0 Å². The first kappa shape index (κ1) is 11.9. The number of rotatable bonds is 3. The molecule has 3 heteroatoms. The molecule has 0 atom stereocenters. The van der Waals surface area contributed by atoms with Crippen LogP contribution < -0.4 is 0 Å². The van der Waals surface area contributed by atoms with E-state index in [4.69, 9.17) is 0 Å². The SMILES string of the molecule is C=C(C)CN(C)C(=O)c1ccc(S)cc1. The van der Waals surface area contributed by atoms with Gasteiger partial charge in [-0.15, -0.1) is 12.6 Å². The molecule has 0 saturated carbocycles. The van der Waals surface area contributed by atoms with Crippen molar-refractivity contribution < 1.29 is 4.79 Å². The van der Waals surface area contributed by atoms with Gasteiger partial charge in [0.05, 0.1) is 0 Å². The number of thiol groups is 1. The number of hydrogen-bond acceptors (Lipinski definition) is 2. The van der Waals surface area contributed by atoms with Crippen molar-refractivity contribution in [3.63, 3.8) is 0 Å². The summed E-state index contributed by atoms with van der Waals surface area (Å²) in [6.07, 6.45) is 0. The molecule has 0 N–H and O–H groups in total. The average Bonchev–Trinajstić information content (AvgIpc) is 2.17. The van der Waals surface area contributed by atoms with Crippen LogP contribution in [-0.2, 0) is 0 Å². The predicted molar refractivity (Wildman–Crippen MR) is 65.5 cm³/mol. The van der Waals surface area contributed by atoms with Crippen LogP contribution >= 0.6 is 12.6 Å². The topological polar surface area (TPSA) is 20.3 Å². The Labute approximate surface area is 96.0 Å². The molecule has 0 radical (unpaired) electrons. The molecule has 0 unspecified atom stereocenters.